The summed E-state index contributed by atoms with van der Waals surface area (Å²) < 4.78 is 11.1. The first-order valence-corrected chi connectivity index (χ1v) is 10.2. The lowest BCUT2D eigenvalue weighted by Gasteiger charge is -2.12. The summed E-state index contributed by atoms with van der Waals surface area (Å²) in [6, 6.07) is 21.0. The van der Waals surface area contributed by atoms with E-state index in [4.69, 9.17) is 9.47 Å². The van der Waals surface area contributed by atoms with Crippen molar-refractivity contribution in [2.45, 2.75) is 0 Å². The van der Waals surface area contributed by atoms with E-state index >= 15 is 0 Å². The molecule has 0 heterocycles. The molecule has 0 spiro atoms. The summed E-state index contributed by atoms with van der Waals surface area (Å²) in [4.78, 5) is 25.7. The number of hydrogen-bond donors (Lipinski definition) is 2. The average Bonchev–Trinajstić information content (AvgIpc) is 2.79. The summed E-state index contributed by atoms with van der Waals surface area (Å²) in [5.41, 5.74) is 1.83. The van der Waals surface area contributed by atoms with Crippen LogP contribution in [0.15, 0.2) is 83.0 Å². The van der Waals surface area contributed by atoms with Crippen LogP contribution in [-0.4, -0.2) is 26.0 Å². The van der Waals surface area contributed by atoms with Gasteiger partial charge in [-0.05, 0) is 66.2 Å². The Morgan fingerprint density at radius 2 is 1.48 bits per heavy atom. The molecule has 0 aliphatic heterocycles. The van der Waals surface area contributed by atoms with Gasteiger partial charge in [0.05, 0.1) is 14.2 Å². The predicted octanol–water partition coefficient (Wildman–Crippen LogP) is 4.88. The second-order valence-electron chi connectivity index (χ2n) is 6.48. The molecule has 31 heavy (non-hydrogen) atoms. The van der Waals surface area contributed by atoms with Crippen molar-refractivity contribution in [3.63, 3.8) is 0 Å². The molecule has 6 nitrogen and oxygen atoms in total. The van der Waals surface area contributed by atoms with E-state index < -0.39 is 11.8 Å². The zero-order valence-electron chi connectivity index (χ0n) is 17.0. The Morgan fingerprint density at radius 1 is 0.871 bits per heavy atom. The minimum atomic E-state index is -0.448. The van der Waals surface area contributed by atoms with Gasteiger partial charge in [0.2, 0.25) is 0 Å². The molecule has 3 rings (SSSR count). The van der Waals surface area contributed by atoms with E-state index in [2.05, 4.69) is 26.6 Å². The SMILES string of the molecule is COc1ccc(/C=C(/NC(=O)c2ccc(OC)cc2)C(=O)Nc2cccc(Br)c2)cc1. The Balaban J connectivity index is 1.87. The van der Waals surface area contributed by atoms with Gasteiger partial charge in [0.25, 0.3) is 11.8 Å². The van der Waals surface area contributed by atoms with Gasteiger partial charge in [-0.15, -0.1) is 0 Å². The molecular weight excluding hydrogens is 460 g/mol. The van der Waals surface area contributed by atoms with Crippen LogP contribution in [0.3, 0.4) is 0 Å². The first kappa shape index (κ1) is 22.1. The van der Waals surface area contributed by atoms with Gasteiger partial charge in [-0.1, -0.05) is 34.1 Å². The number of ether oxygens (including phenoxy) is 2. The van der Waals surface area contributed by atoms with Crippen LogP contribution in [0.2, 0.25) is 0 Å². The fraction of sp³-hybridized carbons (Fsp3) is 0.0833. The van der Waals surface area contributed by atoms with Crippen LogP contribution in [0.1, 0.15) is 15.9 Å². The number of hydrogen-bond acceptors (Lipinski definition) is 4. The van der Waals surface area contributed by atoms with Gasteiger partial charge in [-0.3, -0.25) is 9.59 Å². The molecule has 2 amide bonds. The lowest BCUT2D eigenvalue weighted by molar-refractivity contribution is -0.113. The molecule has 7 heteroatoms. The van der Waals surface area contributed by atoms with Crippen LogP contribution in [0.25, 0.3) is 6.08 Å². The van der Waals surface area contributed by atoms with Crippen LogP contribution in [-0.2, 0) is 4.79 Å². The molecule has 3 aromatic carbocycles. The number of nitrogens with one attached hydrogen (secondary N) is 2. The Bertz CT molecular complexity index is 1090. The minimum absolute atomic E-state index is 0.103. The van der Waals surface area contributed by atoms with Crippen LogP contribution in [0, 0.1) is 0 Å². The van der Waals surface area contributed by atoms with Crippen LogP contribution in [0.4, 0.5) is 5.69 Å². The van der Waals surface area contributed by atoms with Gasteiger partial charge in [0, 0.05) is 15.7 Å². The molecule has 0 unspecified atom stereocenters. The normalized spacial score (nSPS) is 10.9. The number of anilines is 1. The highest BCUT2D eigenvalue weighted by atomic mass is 79.9. The van der Waals surface area contributed by atoms with E-state index in [1.54, 1.807) is 81.0 Å². The largest absolute Gasteiger partial charge is 0.497 e. The molecule has 2 N–H and O–H groups in total. The number of carbonyl (C=O) groups is 2. The molecule has 0 saturated heterocycles. The Kier molecular flexibility index (Phi) is 7.45. The zero-order valence-corrected chi connectivity index (χ0v) is 18.6. The summed E-state index contributed by atoms with van der Waals surface area (Å²) >= 11 is 3.38. The van der Waals surface area contributed by atoms with E-state index in [9.17, 15) is 9.59 Å². The number of rotatable bonds is 7. The summed E-state index contributed by atoms with van der Waals surface area (Å²) in [7, 11) is 3.13. The summed E-state index contributed by atoms with van der Waals surface area (Å²) in [5, 5.41) is 5.51. The maximum Gasteiger partial charge on any atom is 0.272 e. The van der Waals surface area contributed by atoms with E-state index in [1.165, 1.54) is 0 Å². The minimum Gasteiger partial charge on any atom is -0.497 e. The Morgan fingerprint density at radius 3 is 2.06 bits per heavy atom. The average molecular weight is 481 g/mol. The number of methoxy groups -OCH3 is 2. The zero-order chi connectivity index (χ0) is 22.2. The fourth-order valence-corrected chi connectivity index (χ4v) is 3.13. The van der Waals surface area contributed by atoms with Crippen molar-refractivity contribution >= 4 is 39.5 Å². The lowest BCUT2D eigenvalue weighted by Crippen LogP contribution is -2.30. The van der Waals surface area contributed by atoms with Gasteiger partial charge < -0.3 is 20.1 Å². The smallest absolute Gasteiger partial charge is 0.272 e. The van der Waals surface area contributed by atoms with Crippen molar-refractivity contribution in [2.75, 3.05) is 19.5 Å². The first-order valence-electron chi connectivity index (χ1n) is 9.36. The Hall–Kier alpha value is -3.58. The molecule has 0 atom stereocenters. The van der Waals surface area contributed by atoms with Crippen molar-refractivity contribution in [3.05, 3.63) is 94.1 Å². The second-order valence-corrected chi connectivity index (χ2v) is 7.39. The first-order chi connectivity index (χ1) is 15.0. The predicted molar refractivity (Wildman–Crippen MR) is 124 cm³/mol. The summed E-state index contributed by atoms with van der Waals surface area (Å²) in [6.45, 7) is 0. The quantitative estimate of drug-likeness (QED) is 0.472. The third-order valence-corrected chi connectivity index (χ3v) is 4.85. The number of halogens is 1. The van der Waals surface area contributed by atoms with E-state index in [0.717, 1.165) is 10.0 Å². The van der Waals surface area contributed by atoms with Crippen LogP contribution >= 0.6 is 15.9 Å². The molecule has 0 aliphatic carbocycles. The van der Waals surface area contributed by atoms with Gasteiger partial charge in [0.15, 0.2) is 0 Å². The van der Waals surface area contributed by atoms with Crippen molar-refractivity contribution in [3.8, 4) is 11.5 Å². The van der Waals surface area contributed by atoms with E-state index in [-0.39, 0.29) is 5.70 Å². The molecule has 0 aliphatic rings. The molecule has 0 bridgehead atoms. The van der Waals surface area contributed by atoms with Crippen LogP contribution < -0.4 is 20.1 Å². The van der Waals surface area contributed by atoms with Gasteiger partial charge in [-0.25, -0.2) is 0 Å². The lowest BCUT2D eigenvalue weighted by atomic mass is 10.1. The number of amides is 2. The monoisotopic (exact) mass is 480 g/mol. The highest BCUT2D eigenvalue weighted by Gasteiger charge is 2.15. The van der Waals surface area contributed by atoms with Crippen molar-refractivity contribution < 1.29 is 19.1 Å². The highest BCUT2D eigenvalue weighted by Crippen LogP contribution is 2.18. The third kappa shape index (κ3) is 6.20. The van der Waals surface area contributed by atoms with E-state index in [0.29, 0.717) is 22.7 Å². The molecule has 0 fully saturated rings. The molecule has 3 aromatic rings. The third-order valence-electron chi connectivity index (χ3n) is 4.35. The molecule has 0 radical (unpaired) electrons. The topological polar surface area (TPSA) is 76.7 Å². The van der Waals surface area contributed by atoms with Crippen molar-refractivity contribution in [1.29, 1.82) is 0 Å². The summed E-state index contributed by atoms with van der Waals surface area (Å²) in [5.74, 6) is 0.472. The van der Waals surface area contributed by atoms with Crippen LogP contribution in [0.5, 0.6) is 11.5 Å². The van der Waals surface area contributed by atoms with Crippen molar-refractivity contribution in [2.24, 2.45) is 0 Å². The second kappa shape index (κ2) is 10.4. The highest BCUT2D eigenvalue weighted by molar-refractivity contribution is 9.10. The Labute approximate surface area is 189 Å². The molecule has 0 saturated carbocycles. The maximum atomic E-state index is 13.0. The summed E-state index contributed by atoms with van der Waals surface area (Å²) in [6.07, 6.45) is 1.61. The fourth-order valence-electron chi connectivity index (χ4n) is 2.73. The molecule has 0 aromatic heterocycles. The van der Waals surface area contributed by atoms with Gasteiger partial charge in [-0.2, -0.15) is 0 Å². The van der Waals surface area contributed by atoms with E-state index in [1.807, 2.05) is 12.1 Å². The maximum absolute atomic E-state index is 13.0. The van der Waals surface area contributed by atoms with Gasteiger partial charge >= 0.3 is 0 Å². The number of benzene rings is 3. The number of carbonyl (C=O) groups excluding carboxylic acids is 2. The standard InChI is InChI=1S/C24H21BrN2O4/c1-30-20-10-6-16(7-11-20)14-22(24(29)26-19-5-3-4-18(25)15-19)27-23(28)17-8-12-21(31-2)13-9-17/h3-15H,1-2H3,(H,26,29)(H,27,28)/b22-14+. The molecular formula is C24H21BrN2O4. The van der Waals surface area contributed by atoms with Crippen molar-refractivity contribution in [1.82, 2.24) is 5.32 Å². The molecule has 158 valence electrons. The van der Waals surface area contributed by atoms with Gasteiger partial charge in [0.1, 0.15) is 17.2 Å².